The molecule has 1 aliphatic rings. The van der Waals surface area contributed by atoms with Gasteiger partial charge in [-0.15, -0.1) is 0 Å². The molecule has 4 nitrogen and oxygen atoms in total. The Labute approximate surface area is 139 Å². The molecule has 0 amide bonds. The number of hydrazine groups is 1. The van der Waals surface area contributed by atoms with Gasteiger partial charge in [-0.3, -0.25) is 0 Å². The molecule has 0 bridgehead atoms. The fourth-order valence-electron chi connectivity index (χ4n) is 2.90. The van der Waals surface area contributed by atoms with Gasteiger partial charge in [0.15, 0.2) is 0 Å². The number of nitrogens with one attached hydrogen (secondary N) is 2. The van der Waals surface area contributed by atoms with E-state index in [9.17, 15) is 0 Å². The summed E-state index contributed by atoms with van der Waals surface area (Å²) in [4.78, 5) is 4.90. The molecule has 1 heterocycles. The SMILES string of the molecule is CN1CCCN(c2ccc(CNNc3ccccc3)cc2)CC1. The van der Waals surface area contributed by atoms with Gasteiger partial charge in [-0.25, -0.2) is 5.43 Å². The Morgan fingerprint density at radius 3 is 2.43 bits per heavy atom. The van der Waals surface area contributed by atoms with Crippen LogP contribution in [0.3, 0.4) is 0 Å². The van der Waals surface area contributed by atoms with Gasteiger partial charge in [0.25, 0.3) is 0 Å². The first-order chi connectivity index (χ1) is 11.3. The molecule has 23 heavy (non-hydrogen) atoms. The maximum absolute atomic E-state index is 3.26. The first kappa shape index (κ1) is 15.8. The molecule has 0 spiro atoms. The average Bonchev–Trinajstić information content (AvgIpc) is 2.81. The van der Waals surface area contributed by atoms with Crippen LogP contribution in [0.15, 0.2) is 54.6 Å². The summed E-state index contributed by atoms with van der Waals surface area (Å²) in [5.41, 5.74) is 10.2. The number of likely N-dealkylation sites (N-methyl/N-ethyl adjacent to an activating group) is 1. The molecule has 0 aliphatic carbocycles. The van der Waals surface area contributed by atoms with Crippen molar-refractivity contribution >= 4 is 11.4 Å². The van der Waals surface area contributed by atoms with Crippen LogP contribution in [0.2, 0.25) is 0 Å². The fraction of sp³-hybridized carbons (Fsp3) is 0.368. The Kier molecular flexibility index (Phi) is 5.51. The molecular formula is C19H26N4. The Morgan fingerprint density at radius 1 is 0.870 bits per heavy atom. The van der Waals surface area contributed by atoms with Crippen molar-refractivity contribution in [3.05, 3.63) is 60.2 Å². The fourth-order valence-corrected chi connectivity index (χ4v) is 2.90. The highest BCUT2D eigenvalue weighted by Gasteiger charge is 2.12. The number of benzene rings is 2. The molecule has 0 saturated carbocycles. The van der Waals surface area contributed by atoms with Crippen molar-refractivity contribution in [1.29, 1.82) is 0 Å². The molecule has 0 unspecified atom stereocenters. The Bertz CT molecular complexity index is 582. The van der Waals surface area contributed by atoms with Gasteiger partial charge < -0.3 is 15.2 Å². The van der Waals surface area contributed by atoms with Gasteiger partial charge in [-0.05, 0) is 49.8 Å². The number of nitrogens with zero attached hydrogens (tertiary/aromatic N) is 2. The van der Waals surface area contributed by atoms with E-state index in [4.69, 9.17) is 0 Å². The minimum atomic E-state index is 0.803. The lowest BCUT2D eigenvalue weighted by molar-refractivity contribution is 0.360. The smallest absolute Gasteiger partial charge is 0.0487 e. The summed E-state index contributed by atoms with van der Waals surface area (Å²) >= 11 is 0. The van der Waals surface area contributed by atoms with Crippen molar-refractivity contribution in [3.8, 4) is 0 Å². The van der Waals surface area contributed by atoms with E-state index in [0.29, 0.717) is 0 Å². The van der Waals surface area contributed by atoms with Crippen LogP contribution in [-0.2, 0) is 6.54 Å². The molecule has 2 N–H and O–H groups in total. The van der Waals surface area contributed by atoms with Crippen molar-refractivity contribution in [3.63, 3.8) is 0 Å². The first-order valence-corrected chi connectivity index (χ1v) is 8.37. The second-order valence-corrected chi connectivity index (χ2v) is 6.15. The highest BCUT2D eigenvalue weighted by atomic mass is 15.3. The van der Waals surface area contributed by atoms with Crippen LogP contribution in [0.25, 0.3) is 0 Å². The molecule has 2 aromatic rings. The maximum atomic E-state index is 3.26. The van der Waals surface area contributed by atoms with Crippen molar-refractivity contribution in [2.75, 3.05) is 43.6 Å². The first-order valence-electron chi connectivity index (χ1n) is 8.37. The van der Waals surface area contributed by atoms with E-state index in [2.05, 4.69) is 52.0 Å². The Balaban J connectivity index is 1.50. The summed E-state index contributed by atoms with van der Waals surface area (Å²) in [5.74, 6) is 0. The van der Waals surface area contributed by atoms with Crippen LogP contribution in [0, 0.1) is 0 Å². The van der Waals surface area contributed by atoms with Crippen LogP contribution >= 0.6 is 0 Å². The quantitative estimate of drug-likeness (QED) is 0.831. The van der Waals surface area contributed by atoms with Crippen LogP contribution in [0.1, 0.15) is 12.0 Å². The molecule has 1 fully saturated rings. The van der Waals surface area contributed by atoms with E-state index < -0.39 is 0 Å². The average molecular weight is 310 g/mol. The highest BCUT2D eigenvalue weighted by molar-refractivity contribution is 5.48. The molecule has 4 heteroatoms. The molecule has 0 aromatic heterocycles. The third-order valence-electron chi connectivity index (χ3n) is 4.32. The molecule has 2 aromatic carbocycles. The zero-order chi connectivity index (χ0) is 15.9. The topological polar surface area (TPSA) is 30.5 Å². The van der Waals surface area contributed by atoms with Crippen LogP contribution in [0.4, 0.5) is 11.4 Å². The second kappa shape index (κ2) is 7.99. The Hall–Kier alpha value is -2.04. The summed E-state index contributed by atoms with van der Waals surface area (Å²) in [6.07, 6.45) is 1.24. The standard InChI is InChI=1S/C19H26N4/c1-22-12-5-13-23(15-14-22)19-10-8-17(9-11-19)16-20-21-18-6-3-2-4-7-18/h2-4,6-11,20-21H,5,12-16H2,1H3. The molecule has 122 valence electrons. The minimum Gasteiger partial charge on any atom is -0.370 e. The Morgan fingerprint density at radius 2 is 1.65 bits per heavy atom. The van der Waals surface area contributed by atoms with E-state index in [1.54, 1.807) is 0 Å². The second-order valence-electron chi connectivity index (χ2n) is 6.15. The normalized spacial score (nSPS) is 16.1. The van der Waals surface area contributed by atoms with Gasteiger partial charge in [0.2, 0.25) is 0 Å². The van der Waals surface area contributed by atoms with E-state index in [1.807, 2.05) is 30.3 Å². The summed E-state index contributed by atoms with van der Waals surface area (Å²) in [5, 5.41) is 0. The van der Waals surface area contributed by atoms with E-state index in [0.717, 1.165) is 31.9 Å². The van der Waals surface area contributed by atoms with Crippen LogP contribution in [-0.4, -0.2) is 38.1 Å². The summed E-state index contributed by atoms with van der Waals surface area (Å²) in [6.45, 7) is 5.41. The number of hydrogen-bond acceptors (Lipinski definition) is 4. The van der Waals surface area contributed by atoms with E-state index in [-0.39, 0.29) is 0 Å². The molecule has 1 saturated heterocycles. The molecule has 3 rings (SSSR count). The lowest BCUT2D eigenvalue weighted by Crippen LogP contribution is -2.28. The number of hydrogen-bond donors (Lipinski definition) is 2. The maximum Gasteiger partial charge on any atom is 0.0487 e. The molecule has 1 aliphatic heterocycles. The van der Waals surface area contributed by atoms with Crippen molar-refractivity contribution < 1.29 is 0 Å². The van der Waals surface area contributed by atoms with Gasteiger partial charge in [0.05, 0.1) is 0 Å². The lowest BCUT2D eigenvalue weighted by Gasteiger charge is -2.23. The van der Waals surface area contributed by atoms with Crippen LogP contribution < -0.4 is 15.8 Å². The third kappa shape index (κ3) is 4.71. The zero-order valence-electron chi connectivity index (χ0n) is 13.8. The molecule has 0 radical (unpaired) electrons. The summed E-state index contributed by atoms with van der Waals surface area (Å²) in [7, 11) is 2.21. The van der Waals surface area contributed by atoms with Gasteiger partial charge in [-0.1, -0.05) is 30.3 Å². The van der Waals surface area contributed by atoms with Gasteiger partial charge >= 0.3 is 0 Å². The van der Waals surface area contributed by atoms with Gasteiger partial charge in [0.1, 0.15) is 0 Å². The largest absolute Gasteiger partial charge is 0.370 e. The van der Waals surface area contributed by atoms with Crippen molar-refractivity contribution in [2.45, 2.75) is 13.0 Å². The number of para-hydroxylation sites is 1. The van der Waals surface area contributed by atoms with E-state index in [1.165, 1.54) is 24.2 Å². The molecule has 0 atom stereocenters. The predicted molar refractivity (Wildman–Crippen MR) is 97.7 cm³/mol. The van der Waals surface area contributed by atoms with Crippen molar-refractivity contribution in [2.24, 2.45) is 0 Å². The van der Waals surface area contributed by atoms with Crippen LogP contribution in [0.5, 0.6) is 0 Å². The third-order valence-corrected chi connectivity index (χ3v) is 4.32. The van der Waals surface area contributed by atoms with Gasteiger partial charge in [0, 0.05) is 37.6 Å². The summed E-state index contributed by atoms with van der Waals surface area (Å²) < 4.78 is 0. The monoisotopic (exact) mass is 310 g/mol. The minimum absolute atomic E-state index is 0.803. The summed E-state index contributed by atoms with van der Waals surface area (Å²) in [6, 6.07) is 19.1. The molecular weight excluding hydrogens is 284 g/mol. The number of anilines is 2. The lowest BCUT2D eigenvalue weighted by atomic mass is 10.2. The van der Waals surface area contributed by atoms with Crippen molar-refractivity contribution in [1.82, 2.24) is 10.3 Å². The predicted octanol–water partition coefficient (Wildman–Crippen LogP) is 2.95. The van der Waals surface area contributed by atoms with E-state index >= 15 is 0 Å². The highest BCUT2D eigenvalue weighted by Crippen LogP contribution is 2.17. The number of rotatable bonds is 5. The zero-order valence-corrected chi connectivity index (χ0v) is 13.8. The van der Waals surface area contributed by atoms with Gasteiger partial charge in [-0.2, -0.15) is 0 Å².